The zero-order valence-corrected chi connectivity index (χ0v) is 36.1. The van der Waals surface area contributed by atoms with Crippen molar-refractivity contribution in [2.75, 3.05) is 40.0 Å². The van der Waals surface area contributed by atoms with Gasteiger partial charge in [0.1, 0.15) is 0 Å². The molecule has 0 bridgehead atoms. The van der Waals surface area contributed by atoms with E-state index in [0.717, 1.165) is 90.1 Å². The summed E-state index contributed by atoms with van der Waals surface area (Å²) in [7, 11) is 2.07. The van der Waals surface area contributed by atoms with Gasteiger partial charge in [-0.05, 0) is 123 Å². The number of nitrogens with zero attached hydrogens (tertiary/aromatic N) is 1. The molecule has 0 aliphatic carbocycles. The Morgan fingerprint density at radius 3 is 1.60 bits per heavy atom. The number of carbonyl (C=O) groups is 2. The lowest BCUT2D eigenvalue weighted by Gasteiger charge is -2.36. The molecule has 2 atom stereocenters. The normalized spacial score (nSPS) is 16.2. The molecule has 1 saturated heterocycles. The highest BCUT2D eigenvalue weighted by atomic mass is 16.6. The zero-order valence-electron chi connectivity index (χ0n) is 36.1. The minimum Gasteiger partial charge on any atom is -0.465 e. The number of likely N-dealkylation sites (tertiary alicyclic amines) is 1. The maximum Gasteiger partial charge on any atom is 0.311 e. The molecule has 7 nitrogen and oxygen atoms in total. The van der Waals surface area contributed by atoms with E-state index in [4.69, 9.17) is 14.2 Å². The van der Waals surface area contributed by atoms with Crippen LogP contribution in [0.25, 0.3) is 0 Å². The van der Waals surface area contributed by atoms with Crippen LogP contribution in [0, 0.1) is 11.3 Å². The second kappa shape index (κ2) is 36.1. The minimum atomic E-state index is -0.883. The van der Waals surface area contributed by atoms with Gasteiger partial charge >= 0.3 is 11.9 Å². The quantitative estimate of drug-likeness (QED) is 0.0294. The zero-order chi connectivity index (χ0) is 40.1. The molecule has 1 aliphatic rings. The number of aliphatic hydroxyl groups is 1. The van der Waals surface area contributed by atoms with E-state index in [1.165, 1.54) is 77.0 Å². The standard InChI is InChI=1S/C48H85NO6/c1-5-7-9-11-13-15-17-19-21-23-25-27-29-31-33-35-45(50)53-41-44(43-55-47(52)48(3)37-39-49(4)40-38-48)42-54-46(51)36-34-32-30-28-26-24-22-20-18-16-14-12-10-8-6-2/h13-16,19-22,44-45,50H,5-12,17-18,23-43H2,1-4H3/b15-13-,16-14-,21-19-,22-20-. The summed E-state index contributed by atoms with van der Waals surface area (Å²) in [6.07, 6.45) is 45.1. The Kier molecular flexibility index (Phi) is 33.4. The van der Waals surface area contributed by atoms with Crippen molar-refractivity contribution < 1.29 is 28.9 Å². The van der Waals surface area contributed by atoms with Crippen molar-refractivity contribution >= 4 is 11.9 Å². The van der Waals surface area contributed by atoms with Gasteiger partial charge < -0.3 is 24.2 Å². The van der Waals surface area contributed by atoms with Gasteiger partial charge in [0.2, 0.25) is 0 Å². The maximum atomic E-state index is 13.1. The van der Waals surface area contributed by atoms with Crippen molar-refractivity contribution in [3.8, 4) is 0 Å². The van der Waals surface area contributed by atoms with Crippen molar-refractivity contribution in [1.29, 1.82) is 0 Å². The van der Waals surface area contributed by atoms with Gasteiger partial charge in [0, 0.05) is 6.42 Å². The molecule has 1 N–H and O–H groups in total. The molecule has 0 aromatic rings. The van der Waals surface area contributed by atoms with E-state index in [9.17, 15) is 14.7 Å². The van der Waals surface area contributed by atoms with Crippen LogP contribution in [-0.4, -0.2) is 68.2 Å². The minimum absolute atomic E-state index is 0.109. The van der Waals surface area contributed by atoms with Crippen molar-refractivity contribution in [3.05, 3.63) is 48.6 Å². The predicted molar refractivity (Wildman–Crippen MR) is 231 cm³/mol. The van der Waals surface area contributed by atoms with E-state index < -0.39 is 11.7 Å². The Balaban J connectivity index is 2.30. The molecule has 1 fully saturated rings. The lowest BCUT2D eigenvalue weighted by Crippen LogP contribution is -2.42. The van der Waals surface area contributed by atoms with Gasteiger partial charge in [-0.15, -0.1) is 0 Å². The molecule has 1 heterocycles. The molecule has 1 rings (SSSR count). The fourth-order valence-corrected chi connectivity index (χ4v) is 6.65. The van der Waals surface area contributed by atoms with Crippen molar-refractivity contribution in [3.63, 3.8) is 0 Å². The first-order valence-corrected chi connectivity index (χ1v) is 22.7. The second-order valence-electron chi connectivity index (χ2n) is 16.3. The van der Waals surface area contributed by atoms with Crippen LogP contribution in [0.2, 0.25) is 0 Å². The highest BCUT2D eigenvalue weighted by Gasteiger charge is 2.38. The van der Waals surface area contributed by atoms with Gasteiger partial charge in [-0.25, -0.2) is 0 Å². The highest BCUT2D eigenvalue weighted by molar-refractivity contribution is 5.76. The molecular weight excluding hydrogens is 687 g/mol. The Bertz CT molecular complexity index is 1030. The lowest BCUT2D eigenvalue weighted by atomic mass is 9.80. The van der Waals surface area contributed by atoms with Crippen LogP contribution in [-0.2, 0) is 23.8 Å². The summed E-state index contributed by atoms with van der Waals surface area (Å²) < 4.78 is 17.2. The monoisotopic (exact) mass is 772 g/mol. The van der Waals surface area contributed by atoms with Crippen LogP contribution < -0.4 is 0 Å². The second-order valence-corrected chi connectivity index (χ2v) is 16.3. The number of allylic oxidation sites excluding steroid dienone is 8. The number of rotatable bonds is 36. The number of aliphatic hydroxyl groups excluding tert-OH is 1. The Hall–Kier alpha value is -2.22. The summed E-state index contributed by atoms with van der Waals surface area (Å²) in [4.78, 5) is 27.9. The van der Waals surface area contributed by atoms with Gasteiger partial charge in [-0.1, -0.05) is 127 Å². The van der Waals surface area contributed by atoms with Gasteiger partial charge in [-0.2, -0.15) is 0 Å². The number of hydrogen-bond donors (Lipinski definition) is 1. The summed E-state index contributed by atoms with van der Waals surface area (Å²) >= 11 is 0. The summed E-state index contributed by atoms with van der Waals surface area (Å²) in [5, 5.41) is 10.6. The fourth-order valence-electron chi connectivity index (χ4n) is 6.65. The van der Waals surface area contributed by atoms with E-state index in [0.29, 0.717) is 12.8 Å². The predicted octanol–water partition coefficient (Wildman–Crippen LogP) is 12.4. The SMILES string of the molecule is CCCCC/C=C\C/C=C\CCCCCCCC(=O)OCC(COC(=O)C1(C)CCN(C)CC1)COC(O)CCCCCCC/C=C\C/C=C\CCCCC. The van der Waals surface area contributed by atoms with Gasteiger partial charge in [0.15, 0.2) is 6.29 Å². The number of ether oxygens (including phenoxy) is 3. The van der Waals surface area contributed by atoms with Crippen LogP contribution in [0.3, 0.4) is 0 Å². The Labute approximate surface area is 338 Å². The first-order valence-electron chi connectivity index (χ1n) is 22.7. The van der Waals surface area contributed by atoms with Crippen LogP contribution >= 0.6 is 0 Å². The lowest BCUT2D eigenvalue weighted by molar-refractivity contribution is -0.164. The molecule has 55 heavy (non-hydrogen) atoms. The molecule has 0 aromatic carbocycles. The average Bonchev–Trinajstić information content (AvgIpc) is 3.18. The van der Waals surface area contributed by atoms with Gasteiger partial charge in [0.05, 0.1) is 31.2 Å². The third-order valence-corrected chi connectivity index (χ3v) is 10.8. The maximum absolute atomic E-state index is 13.1. The summed E-state index contributed by atoms with van der Waals surface area (Å²) in [5.41, 5.74) is -0.503. The third kappa shape index (κ3) is 30.6. The Morgan fingerprint density at radius 2 is 1.07 bits per heavy atom. The smallest absolute Gasteiger partial charge is 0.311 e. The highest BCUT2D eigenvalue weighted by Crippen LogP contribution is 2.32. The van der Waals surface area contributed by atoms with Gasteiger partial charge in [0.25, 0.3) is 0 Å². The molecule has 0 aromatic heterocycles. The van der Waals surface area contributed by atoms with Crippen molar-refractivity contribution in [1.82, 2.24) is 4.90 Å². The molecule has 1 aliphatic heterocycles. The van der Waals surface area contributed by atoms with E-state index in [1.807, 2.05) is 6.92 Å². The summed E-state index contributed by atoms with van der Waals surface area (Å²) in [6.45, 7) is 8.58. The molecule has 7 heteroatoms. The number of hydrogen-bond acceptors (Lipinski definition) is 7. The molecule has 0 spiro atoms. The summed E-state index contributed by atoms with van der Waals surface area (Å²) in [6, 6.07) is 0. The summed E-state index contributed by atoms with van der Waals surface area (Å²) in [5.74, 6) is -0.755. The van der Waals surface area contributed by atoms with Crippen LogP contribution in [0.1, 0.15) is 188 Å². The topological polar surface area (TPSA) is 85.3 Å². The van der Waals surface area contributed by atoms with Crippen LogP contribution in [0.15, 0.2) is 48.6 Å². The molecular formula is C48H85NO6. The first-order chi connectivity index (χ1) is 26.8. The molecule has 0 amide bonds. The van der Waals surface area contributed by atoms with Crippen LogP contribution in [0.4, 0.5) is 0 Å². The van der Waals surface area contributed by atoms with Crippen molar-refractivity contribution in [2.24, 2.45) is 11.3 Å². The van der Waals surface area contributed by atoms with Gasteiger partial charge in [-0.3, -0.25) is 9.59 Å². The van der Waals surface area contributed by atoms with E-state index >= 15 is 0 Å². The van der Waals surface area contributed by atoms with E-state index in [2.05, 4.69) is 74.4 Å². The van der Waals surface area contributed by atoms with E-state index in [-0.39, 0.29) is 37.7 Å². The number of esters is 2. The molecule has 2 unspecified atom stereocenters. The number of piperidine rings is 1. The van der Waals surface area contributed by atoms with Crippen LogP contribution in [0.5, 0.6) is 0 Å². The largest absolute Gasteiger partial charge is 0.465 e. The number of unbranched alkanes of at least 4 members (excludes halogenated alkanes) is 16. The third-order valence-electron chi connectivity index (χ3n) is 10.8. The fraction of sp³-hybridized carbons (Fsp3) is 0.792. The molecule has 318 valence electrons. The molecule has 0 radical (unpaired) electrons. The van der Waals surface area contributed by atoms with E-state index in [1.54, 1.807) is 0 Å². The van der Waals surface area contributed by atoms with Crippen molar-refractivity contribution in [2.45, 2.75) is 194 Å². The Morgan fingerprint density at radius 1 is 0.618 bits per heavy atom. The first kappa shape index (κ1) is 50.8. The molecule has 0 saturated carbocycles. The average molecular weight is 772 g/mol. The number of carbonyl (C=O) groups excluding carboxylic acids is 2.